The maximum Gasteiger partial charge on any atom is 0.0529 e. The second-order valence-corrected chi connectivity index (χ2v) is 36.3. The zero-order valence-electron chi connectivity index (χ0n) is 71.9. The van der Waals surface area contributed by atoms with E-state index < -0.39 is 0 Å². The first-order valence-electron chi connectivity index (χ1n) is 43.1. The van der Waals surface area contributed by atoms with Crippen molar-refractivity contribution in [2.75, 3.05) is 47.8 Å². The number of benzene rings is 20. The van der Waals surface area contributed by atoms with E-state index in [1.54, 1.807) is 0 Å². The molecule has 0 saturated carbocycles. The standard InChI is InChI=1S/4C24H21N.C21H15N/c1-24(2)20-12-16-8-4-6-10-18(16)14-22(20)25(3)23-15-19-11-7-5-9-17(19)13-21(23)24;1-24(2)22-18-10-6-4-8-16(18)12-14-20(22)25(3)21-15-13-17-9-5-7-11-19(17)23(21)24;1-24(2)20-14-12-16-8-4-6-10-18(16)22(20)25(3)23-19-11-7-5-9-17(19)13-15-21(23)24;1-24(2)20-14-17-9-4-5-10-18(17)15-22(20)25(3)21-13-12-16-8-6-7-11-19(16)23(21)24;1-22-19-9-5-4-8-17(19)21-18-13-15-7-3-2-6-14(15)12-16(18)10-11-20(21)22/h4*4-15H,1-3H3;2-13H,1H3. The lowest BCUT2D eigenvalue weighted by Crippen LogP contribution is -2.31. The van der Waals surface area contributed by atoms with Crippen molar-refractivity contribution in [2.45, 2.75) is 77.0 Å². The highest BCUT2D eigenvalue weighted by Gasteiger charge is 2.41. The number of anilines is 8. The third kappa shape index (κ3) is 11.9. The van der Waals surface area contributed by atoms with Crippen LogP contribution in [0.1, 0.15) is 99.9 Å². The fraction of sp³-hybridized carbons (Fsp3) is 0.145. The molecule has 25 rings (SSSR count). The van der Waals surface area contributed by atoms with Crippen molar-refractivity contribution >= 4 is 175 Å². The third-order valence-corrected chi connectivity index (χ3v) is 28.0. The van der Waals surface area contributed by atoms with Gasteiger partial charge < -0.3 is 24.2 Å². The van der Waals surface area contributed by atoms with Gasteiger partial charge >= 0.3 is 0 Å². The van der Waals surface area contributed by atoms with Crippen LogP contribution < -0.4 is 19.6 Å². The second-order valence-electron chi connectivity index (χ2n) is 36.3. The van der Waals surface area contributed by atoms with Crippen molar-refractivity contribution < 1.29 is 0 Å². The number of aryl methyl sites for hydroxylation is 1. The average Bonchev–Trinajstić information content (AvgIpc) is 1.77. The predicted molar refractivity (Wildman–Crippen MR) is 528 cm³/mol. The van der Waals surface area contributed by atoms with E-state index in [0.717, 1.165) is 0 Å². The molecule has 0 bridgehead atoms. The molecule has 0 spiro atoms. The SMILES string of the molecule is CN1c2c(ccc3ccccc23)C(C)(C)c2ccc3ccccc3c21.CN1c2cc3ccccc3cc2C(C)(C)c2c1ccc1ccccc21.CN1c2cc3ccccc3cc2C(C)(C)c2cc3ccccc3cc21.CN1c2ccc3ccccc3c2C(C)(C)c2c1ccc1ccccc21.Cn1c2ccccc2c2c3cc4ccccc4cc3ccc21. The Kier molecular flexibility index (Phi) is 17.7. The molecule has 0 saturated heterocycles. The van der Waals surface area contributed by atoms with Crippen LogP contribution >= 0.6 is 0 Å². The van der Waals surface area contributed by atoms with Gasteiger partial charge in [0.15, 0.2) is 0 Å². The molecule has 0 N–H and O–H groups in total. The molecule has 5 heteroatoms. The van der Waals surface area contributed by atoms with E-state index in [4.69, 9.17) is 0 Å². The Bertz CT molecular complexity index is 7530. The molecule has 4 aliphatic heterocycles. The van der Waals surface area contributed by atoms with Crippen LogP contribution in [0.5, 0.6) is 0 Å². The Balaban J connectivity index is 0.0000000940. The summed E-state index contributed by atoms with van der Waals surface area (Å²) in [5, 5.41) is 29.0. The molecule has 0 radical (unpaired) electrons. The molecular weight excluding hydrogens is 1480 g/mol. The highest BCUT2D eigenvalue weighted by atomic mass is 15.1. The molecule has 0 fully saturated rings. The number of hydrogen-bond acceptors (Lipinski definition) is 4. The van der Waals surface area contributed by atoms with Crippen LogP contribution in [0.25, 0.3) is 130 Å². The van der Waals surface area contributed by atoms with Crippen molar-refractivity contribution in [3.8, 4) is 0 Å². The number of aromatic nitrogens is 1. The summed E-state index contributed by atoms with van der Waals surface area (Å²) in [6, 6.07) is 133. The van der Waals surface area contributed by atoms with Gasteiger partial charge in [0.25, 0.3) is 0 Å². The Morgan fingerprint density at radius 3 is 0.861 bits per heavy atom. The summed E-state index contributed by atoms with van der Waals surface area (Å²) in [4.78, 5) is 9.47. The first kappa shape index (κ1) is 75.5. The summed E-state index contributed by atoms with van der Waals surface area (Å²) in [7, 11) is 10.9. The van der Waals surface area contributed by atoms with E-state index >= 15 is 0 Å². The van der Waals surface area contributed by atoms with Crippen LogP contribution in [0, 0.1) is 0 Å². The molecule has 20 aromatic carbocycles. The summed E-state index contributed by atoms with van der Waals surface area (Å²) in [5.41, 5.74) is 24.3. The van der Waals surface area contributed by atoms with E-state index in [0.29, 0.717) is 0 Å². The van der Waals surface area contributed by atoms with Crippen molar-refractivity contribution in [3.63, 3.8) is 0 Å². The van der Waals surface area contributed by atoms with E-state index in [9.17, 15) is 0 Å². The van der Waals surface area contributed by atoms with E-state index in [-0.39, 0.29) is 21.7 Å². The number of nitrogens with zero attached hydrogens (tertiary/aromatic N) is 5. The quantitative estimate of drug-likeness (QED) is 0.141. The average molecular weight is 1580 g/mol. The summed E-state index contributed by atoms with van der Waals surface area (Å²) in [6.07, 6.45) is 0. The predicted octanol–water partition coefficient (Wildman–Crippen LogP) is 31.2. The number of hydrogen-bond donors (Lipinski definition) is 0. The van der Waals surface area contributed by atoms with Gasteiger partial charge in [-0.1, -0.05) is 341 Å². The molecule has 5 heterocycles. The van der Waals surface area contributed by atoms with Crippen molar-refractivity contribution in [3.05, 3.63) is 408 Å². The zero-order chi connectivity index (χ0) is 83.4. The van der Waals surface area contributed by atoms with Crippen molar-refractivity contribution in [2.24, 2.45) is 7.05 Å². The molecule has 0 unspecified atom stereocenters. The Labute approximate surface area is 715 Å². The minimum atomic E-state index is -0.0566. The first-order chi connectivity index (χ1) is 59.1. The molecule has 21 aromatic rings. The highest BCUT2D eigenvalue weighted by Crippen LogP contribution is 2.57. The minimum Gasteiger partial charge on any atom is -0.344 e. The summed E-state index contributed by atoms with van der Waals surface area (Å²) in [5.74, 6) is 0. The van der Waals surface area contributed by atoms with Gasteiger partial charge in [0.05, 0.1) is 11.4 Å². The molecular formula is C117H99N5. The maximum atomic E-state index is 2.40. The fourth-order valence-electron chi connectivity index (χ4n) is 21.6. The summed E-state index contributed by atoms with van der Waals surface area (Å²) >= 11 is 0. The van der Waals surface area contributed by atoms with E-state index in [2.05, 4.69) is 479 Å². The lowest BCUT2D eigenvalue weighted by molar-refractivity contribution is 0.631. The minimum absolute atomic E-state index is 0.0226. The molecule has 122 heavy (non-hydrogen) atoms. The fourth-order valence-corrected chi connectivity index (χ4v) is 21.6. The van der Waals surface area contributed by atoms with Gasteiger partial charge in [0.2, 0.25) is 0 Å². The topological polar surface area (TPSA) is 17.9 Å². The van der Waals surface area contributed by atoms with Gasteiger partial charge in [-0.2, -0.15) is 0 Å². The molecule has 4 aliphatic rings. The van der Waals surface area contributed by atoms with Crippen molar-refractivity contribution in [1.82, 2.24) is 4.57 Å². The number of rotatable bonds is 0. The number of fused-ring (bicyclic) bond motifs is 27. The zero-order valence-corrected chi connectivity index (χ0v) is 71.9. The summed E-state index contributed by atoms with van der Waals surface area (Å²) in [6.45, 7) is 18.9. The van der Waals surface area contributed by atoms with Crippen LogP contribution in [0.3, 0.4) is 0 Å². The van der Waals surface area contributed by atoms with Gasteiger partial charge in [-0.05, 0) is 220 Å². The molecule has 5 nitrogen and oxygen atoms in total. The normalized spacial score (nSPS) is 14.6. The Morgan fingerprint density at radius 2 is 0.451 bits per heavy atom. The van der Waals surface area contributed by atoms with Crippen LogP contribution in [-0.2, 0) is 28.7 Å². The van der Waals surface area contributed by atoms with Gasteiger partial charge in [0, 0.05) is 124 Å². The number of para-hydroxylation sites is 1. The van der Waals surface area contributed by atoms with E-state index in [1.165, 1.54) is 220 Å². The lowest BCUT2D eigenvalue weighted by atomic mass is 9.70. The lowest BCUT2D eigenvalue weighted by Gasteiger charge is -2.42. The molecule has 592 valence electrons. The second kappa shape index (κ2) is 28.6. The highest BCUT2D eigenvalue weighted by molar-refractivity contribution is 6.23. The van der Waals surface area contributed by atoms with Crippen LogP contribution in [0.15, 0.2) is 364 Å². The van der Waals surface area contributed by atoms with Crippen molar-refractivity contribution in [1.29, 1.82) is 0 Å². The Hall–Kier alpha value is -14.0. The largest absolute Gasteiger partial charge is 0.344 e. The van der Waals surface area contributed by atoms with Crippen LogP contribution in [0.4, 0.5) is 45.5 Å². The van der Waals surface area contributed by atoms with Gasteiger partial charge in [-0.3, -0.25) is 0 Å². The monoisotopic (exact) mass is 1570 g/mol. The van der Waals surface area contributed by atoms with E-state index in [1.807, 2.05) is 0 Å². The Morgan fingerprint density at radius 1 is 0.172 bits per heavy atom. The smallest absolute Gasteiger partial charge is 0.0529 e. The van der Waals surface area contributed by atoms with Crippen LogP contribution in [0.2, 0.25) is 0 Å². The summed E-state index contributed by atoms with van der Waals surface area (Å²) < 4.78 is 2.29. The first-order valence-corrected chi connectivity index (χ1v) is 43.1. The van der Waals surface area contributed by atoms with Crippen LogP contribution in [-0.4, -0.2) is 32.8 Å². The maximum absolute atomic E-state index is 2.40. The molecule has 0 atom stereocenters. The van der Waals surface area contributed by atoms with Gasteiger partial charge in [-0.25, -0.2) is 0 Å². The molecule has 1 aromatic heterocycles. The molecule has 0 aliphatic carbocycles. The molecule has 0 amide bonds. The van der Waals surface area contributed by atoms with Gasteiger partial charge in [0.1, 0.15) is 0 Å². The third-order valence-electron chi connectivity index (χ3n) is 28.0. The van der Waals surface area contributed by atoms with Gasteiger partial charge in [-0.15, -0.1) is 0 Å².